The van der Waals surface area contributed by atoms with Gasteiger partial charge in [0.05, 0.1) is 6.54 Å². The van der Waals surface area contributed by atoms with Crippen molar-refractivity contribution < 1.29 is 4.79 Å². The number of carbonyl (C=O) groups excluding carboxylic acids is 1. The van der Waals surface area contributed by atoms with Crippen molar-refractivity contribution in [3.05, 3.63) is 23.8 Å². The first-order chi connectivity index (χ1) is 7.20. The molecule has 0 saturated carbocycles. The summed E-state index contributed by atoms with van der Waals surface area (Å²) >= 11 is 0. The van der Waals surface area contributed by atoms with Gasteiger partial charge in [0.25, 0.3) is 0 Å². The predicted octanol–water partition coefficient (Wildman–Crippen LogP) is 0.998. The van der Waals surface area contributed by atoms with Crippen LogP contribution in [0.2, 0.25) is 0 Å². The molecule has 0 atom stereocenters. The van der Waals surface area contributed by atoms with Crippen LogP contribution in [-0.2, 0) is 11.2 Å². The number of nitrogens with one attached hydrogen (secondary N) is 1. The molecule has 0 bridgehead atoms. The van der Waals surface area contributed by atoms with E-state index in [1.54, 1.807) is 0 Å². The van der Waals surface area contributed by atoms with Gasteiger partial charge in [-0.05, 0) is 24.1 Å². The zero-order valence-electron chi connectivity index (χ0n) is 9.19. The predicted molar refractivity (Wildman–Crippen MR) is 68.3 cm³/mol. The number of fused-ring (bicyclic) bond motifs is 1. The lowest BCUT2D eigenvalue weighted by Crippen LogP contribution is -2.22. The SMILES string of the molecule is CN1CCc2ccc(NC(=O)CN)cc21.Cl. The third-order valence-electron chi connectivity index (χ3n) is 2.68. The van der Waals surface area contributed by atoms with Crippen LogP contribution in [0.25, 0.3) is 0 Å². The molecule has 3 N–H and O–H groups in total. The number of hydrogen-bond acceptors (Lipinski definition) is 3. The summed E-state index contributed by atoms with van der Waals surface area (Å²) in [4.78, 5) is 13.3. The van der Waals surface area contributed by atoms with Crippen LogP contribution < -0.4 is 16.0 Å². The lowest BCUT2D eigenvalue weighted by atomic mass is 10.1. The van der Waals surface area contributed by atoms with Crippen LogP contribution in [0.3, 0.4) is 0 Å². The standard InChI is InChI=1S/C11H15N3O.ClH/c1-14-5-4-8-2-3-9(6-10(8)14)13-11(15)7-12;/h2-3,6H,4-5,7,12H2,1H3,(H,13,15);1H. The van der Waals surface area contributed by atoms with Gasteiger partial charge in [-0.1, -0.05) is 6.07 Å². The number of benzene rings is 1. The number of anilines is 2. The van der Waals surface area contributed by atoms with Crippen molar-refractivity contribution in [2.45, 2.75) is 6.42 Å². The molecule has 0 saturated heterocycles. The summed E-state index contributed by atoms with van der Waals surface area (Å²) in [6.07, 6.45) is 1.08. The number of carbonyl (C=O) groups is 1. The molecule has 5 heteroatoms. The minimum Gasteiger partial charge on any atom is -0.374 e. The van der Waals surface area contributed by atoms with Crippen molar-refractivity contribution >= 4 is 29.7 Å². The molecule has 16 heavy (non-hydrogen) atoms. The number of hydrogen-bond donors (Lipinski definition) is 2. The van der Waals surface area contributed by atoms with E-state index in [9.17, 15) is 4.79 Å². The van der Waals surface area contributed by atoms with E-state index >= 15 is 0 Å². The average molecular weight is 242 g/mol. The summed E-state index contributed by atoms with van der Waals surface area (Å²) in [6, 6.07) is 5.98. The molecule has 1 aromatic carbocycles. The monoisotopic (exact) mass is 241 g/mol. The molecule has 0 unspecified atom stereocenters. The molecule has 4 nitrogen and oxygen atoms in total. The number of likely N-dealkylation sites (N-methyl/N-ethyl adjacent to an activating group) is 1. The smallest absolute Gasteiger partial charge is 0.238 e. The molecule has 0 fully saturated rings. The van der Waals surface area contributed by atoms with Crippen LogP contribution in [0.5, 0.6) is 0 Å². The van der Waals surface area contributed by atoms with Gasteiger partial charge in [-0.15, -0.1) is 12.4 Å². The zero-order valence-corrected chi connectivity index (χ0v) is 10.0. The lowest BCUT2D eigenvalue weighted by molar-refractivity contribution is -0.114. The fraction of sp³-hybridized carbons (Fsp3) is 0.364. The van der Waals surface area contributed by atoms with Crippen LogP contribution >= 0.6 is 12.4 Å². The molecule has 0 aromatic heterocycles. The summed E-state index contributed by atoms with van der Waals surface area (Å²) in [7, 11) is 2.06. The second-order valence-electron chi connectivity index (χ2n) is 3.77. The van der Waals surface area contributed by atoms with Crippen LogP contribution in [-0.4, -0.2) is 26.0 Å². The molecule has 2 rings (SSSR count). The first-order valence-electron chi connectivity index (χ1n) is 5.04. The highest BCUT2D eigenvalue weighted by molar-refractivity contribution is 5.92. The van der Waals surface area contributed by atoms with E-state index in [1.807, 2.05) is 12.1 Å². The number of nitrogens with zero attached hydrogens (tertiary/aromatic N) is 1. The van der Waals surface area contributed by atoms with E-state index < -0.39 is 0 Å². The highest BCUT2D eigenvalue weighted by Crippen LogP contribution is 2.29. The first kappa shape index (κ1) is 12.8. The van der Waals surface area contributed by atoms with Crippen molar-refractivity contribution in [2.75, 3.05) is 30.4 Å². The Hall–Kier alpha value is -1.26. The molecule has 0 aliphatic carbocycles. The summed E-state index contributed by atoms with van der Waals surface area (Å²) in [6.45, 7) is 1.07. The van der Waals surface area contributed by atoms with E-state index in [4.69, 9.17) is 5.73 Å². The normalized spacial score (nSPS) is 13.0. The molecule has 1 aliphatic rings. The van der Waals surface area contributed by atoms with Crippen LogP contribution in [0, 0.1) is 0 Å². The highest BCUT2D eigenvalue weighted by atomic mass is 35.5. The van der Waals surface area contributed by atoms with Crippen LogP contribution in [0.15, 0.2) is 18.2 Å². The van der Waals surface area contributed by atoms with Gasteiger partial charge in [-0.25, -0.2) is 0 Å². The molecule has 88 valence electrons. The van der Waals surface area contributed by atoms with Crippen molar-refractivity contribution in [3.63, 3.8) is 0 Å². The minimum atomic E-state index is -0.157. The Labute approximate surface area is 101 Å². The van der Waals surface area contributed by atoms with Crippen molar-refractivity contribution in [3.8, 4) is 0 Å². The van der Waals surface area contributed by atoms with Gasteiger partial charge in [0.15, 0.2) is 0 Å². The fourth-order valence-electron chi connectivity index (χ4n) is 1.83. The summed E-state index contributed by atoms with van der Waals surface area (Å²) in [5.74, 6) is -0.157. The number of rotatable bonds is 2. The van der Waals surface area contributed by atoms with Crippen molar-refractivity contribution in [1.82, 2.24) is 0 Å². The van der Waals surface area contributed by atoms with Gasteiger partial charge in [-0.3, -0.25) is 4.79 Å². The highest BCUT2D eigenvalue weighted by Gasteiger charge is 2.15. The Kier molecular flexibility index (Phi) is 4.15. The first-order valence-corrected chi connectivity index (χ1v) is 5.04. The summed E-state index contributed by atoms with van der Waals surface area (Å²) < 4.78 is 0. The third kappa shape index (κ3) is 2.46. The van der Waals surface area contributed by atoms with Crippen LogP contribution in [0.1, 0.15) is 5.56 Å². The van der Waals surface area contributed by atoms with E-state index in [2.05, 4.69) is 23.3 Å². The Balaban J connectivity index is 0.00000128. The molecular weight excluding hydrogens is 226 g/mol. The van der Waals surface area contributed by atoms with Crippen molar-refractivity contribution in [2.24, 2.45) is 5.73 Å². The van der Waals surface area contributed by atoms with Gasteiger partial charge >= 0.3 is 0 Å². The Morgan fingerprint density at radius 3 is 3.00 bits per heavy atom. The molecule has 1 heterocycles. The fourth-order valence-corrected chi connectivity index (χ4v) is 1.83. The van der Waals surface area contributed by atoms with Gasteiger partial charge in [0.1, 0.15) is 0 Å². The van der Waals surface area contributed by atoms with Crippen LogP contribution in [0.4, 0.5) is 11.4 Å². The maximum absolute atomic E-state index is 11.1. The topological polar surface area (TPSA) is 58.4 Å². The quantitative estimate of drug-likeness (QED) is 0.812. The molecular formula is C11H16ClN3O. The molecule has 0 spiro atoms. The minimum absolute atomic E-state index is 0. The Bertz CT molecular complexity index is 395. The second-order valence-corrected chi connectivity index (χ2v) is 3.77. The maximum atomic E-state index is 11.1. The zero-order chi connectivity index (χ0) is 10.8. The van der Waals surface area contributed by atoms with Gasteiger partial charge in [0.2, 0.25) is 5.91 Å². The summed E-state index contributed by atoms with van der Waals surface area (Å²) in [5, 5.41) is 2.75. The van der Waals surface area contributed by atoms with E-state index in [-0.39, 0.29) is 24.9 Å². The van der Waals surface area contributed by atoms with Gasteiger partial charge < -0.3 is 16.0 Å². The molecule has 1 aliphatic heterocycles. The molecule has 1 amide bonds. The Morgan fingerprint density at radius 1 is 1.56 bits per heavy atom. The van der Waals surface area contributed by atoms with E-state index in [1.165, 1.54) is 11.3 Å². The molecule has 0 radical (unpaired) electrons. The maximum Gasteiger partial charge on any atom is 0.238 e. The van der Waals surface area contributed by atoms with Crippen molar-refractivity contribution in [1.29, 1.82) is 0 Å². The number of halogens is 1. The number of nitrogens with two attached hydrogens (primary N) is 1. The number of amides is 1. The Morgan fingerprint density at radius 2 is 2.31 bits per heavy atom. The molecule has 1 aromatic rings. The van der Waals surface area contributed by atoms with Gasteiger partial charge in [0, 0.05) is 25.0 Å². The second kappa shape index (κ2) is 5.18. The lowest BCUT2D eigenvalue weighted by Gasteiger charge is -2.13. The summed E-state index contributed by atoms with van der Waals surface area (Å²) in [5.41, 5.74) is 8.59. The van der Waals surface area contributed by atoms with Gasteiger partial charge in [-0.2, -0.15) is 0 Å². The third-order valence-corrected chi connectivity index (χ3v) is 2.68. The average Bonchev–Trinajstić information content (AvgIpc) is 2.60. The van der Waals surface area contributed by atoms with E-state index in [0.717, 1.165) is 18.7 Å². The van der Waals surface area contributed by atoms with E-state index in [0.29, 0.717) is 0 Å². The largest absolute Gasteiger partial charge is 0.374 e.